The zero-order valence-corrected chi connectivity index (χ0v) is 7.33. The van der Waals surface area contributed by atoms with E-state index in [1.54, 1.807) is 6.20 Å². The lowest BCUT2D eigenvalue weighted by molar-refractivity contribution is 0.737. The molecule has 64 valence electrons. The van der Waals surface area contributed by atoms with Crippen molar-refractivity contribution in [2.75, 3.05) is 6.54 Å². The summed E-state index contributed by atoms with van der Waals surface area (Å²) in [5.74, 6) is 0. The maximum atomic E-state index is 5.34. The van der Waals surface area contributed by atoms with Gasteiger partial charge in [-0.15, -0.1) is 0 Å². The molecule has 0 unspecified atom stereocenters. The third-order valence-corrected chi connectivity index (χ3v) is 1.48. The SMILES string of the molecule is Cl/C=C/CNCc1ccncn1. The summed E-state index contributed by atoms with van der Waals surface area (Å²) < 4.78 is 0. The molecule has 0 fully saturated rings. The summed E-state index contributed by atoms with van der Waals surface area (Å²) in [5.41, 5.74) is 2.47. The molecule has 0 aromatic carbocycles. The predicted molar refractivity (Wildman–Crippen MR) is 48.7 cm³/mol. The maximum Gasteiger partial charge on any atom is 0.115 e. The van der Waals surface area contributed by atoms with Crippen molar-refractivity contribution in [2.45, 2.75) is 6.54 Å². The van der Waals surface area contributed by atoms with Crippen LogP contribution in [0.2, 0.25) is 0 Å². The lowest BCUT2D eigenvalue weighted by Gasteiger charge is -1.98. The Bertz CT molecular complexity index is 235. The van der Waals surface area contributed by atoms with Crippen molar-refractivity contribution < 1.29 is 0 Å². The van der Waals surface area contributed by atoms with Crippen molar-refractivity contribution in [2.24, 2.45) is 0 Å². The Hall–Kier alpha value is -0.930. The van der Waals surface area contributed by atoms with Crippen molar-refractivity contribution in [3.8, 4) is 0 Å². The second kappa shape index (κ2) is 5.69. The molecule has 1 aromatic rings. The molecular formula is C8H10ClN3. The van der Waals surface area contributed by atoms with E-state index in [9.17, 15) is 0 Å². The first-order valence-corrected chi connectivity index (χ1v) is 4.08. The quantitative estimate of drug-likeness (QED) is 0.716. The second-order valence-electron chi connectivity index (χ2n) is 2.19. The fourth-order valence-electron chi connectivity index (χ4n) is 0.751. The van der Waals surface area contributed by atoms with Gasteiger partial charge in [-0.05, 0) is 6.07 Å². The lowest BCUT2D eigenvalue weighted by Crippen LogP contribution is -2.13. The highest BCUT2D eigenvalue weighted by Crippen LogP contribution is 1.88. The molecule has 0 radical (unpaired) electrons. The fraction of sp³-hybridized carbons (Fsp3) is 0.250. The van der Waals surface area contributed by atoms with Crippen molar-refractivity contribution in [3.63, 3.8) is 0 Å². The summed E-state index contributed by atoms with van der Waals surface area (Å²) in [6.45, 7) is 1.50. The van der Waals surface area contributed by atoms with E-state index in [0.717, 1.165) is 18.8 Å². The minimum atomic E-state index is 0.740. The van der Waals surface area contributed by atoms with E-state index in [2.05, 4.69) is 15.3 Å². The van der Waals surface area contributed by atoms with E-state index < -0.39 is 0 Å². The largest absolute Gasteiger partial charge is 0.308 e. The van der Waals surface area contributed by atoms with E-state index in [4.69, 9.17) is 11.6 Å². The maximum absolute atomic E-state index is 5.34. The molecule has 0 bridgehead atoms. The van der Waals surface area contributed by atoms with Crippen molar-refractivity contribution in [1.29, 1.82) is 0 Å². The van der Waals surface area contributed by atoms with Gasteiger partial charge in [0.1, 0.15) is 6.33 Å². The van der Waals surface area contributed by atoms with Gasteiger partial charge in [-0.2, -0.15) is 0 Å². The van der Waals surface area contributed by atoms with Crippen molar-refractivity contribution in [3.05, 3.63) is 35.9 Å². The number of nitrogens with zero attached hydrogens (tertiary/aromatic N) is 2. The molecule has 0 amide bonds. The summed E-state index contributed by atoms with van der Waals surface area (Å²) in [6.07, 6.45) is 5.10. The summed E-state index contributed by atoms with van der Waals surface area (Å²) in [6, 6.07) is 1.87. The minimum absolute atomic E-state index is 0.740. The van der Waals surface area contributed by atoms with Crippen LogP contribution in [0, 0.1) is 0 Å². The Balaban J connectivity index is 2.24. The first kappa shape index (κ1) is 9.16. The van der Waals surface area contributed by atoms with Crippen LogP contribution in [0.15, 0.2) is 30.2 Å². The van der Waals surface area contributed by atoms with Crippen LogP contribution >= 0.6 is 11.6 Å². The first-order valence-electron chi connectivity index (χ1n) is 3.64. The van der Waals surface area contributed by atoms with Gasteiger partial charge in [0.15, 0.2) is 0 Å². The van der Waals surface area contributed by atoms with Gasteiger partial charge in [-0.3, -0.25) is 0 Å². The molecule has 1 rings (SSSR count). The summed E-state index contributed by atoms with van der Waals surface area (Å²) in [4.78, 5) is 7.86. The molecule has 0 aliphatic rings. The van der Waals surface area contributed by atoms with Crippen molar-refractivity contribution in [1.82, 2.24) is 15.3 Å². The molecule has 12 heavy (non-hydrogen) atoms. The van der Waals surface area contributed by atoms with Gasteiger partial charge < -0.3 is 5.32 Å². The third-order valence-electron chi connectivity index (χ3n) is 1.30. The normalized spacial score (nSPS) is 10.8. The Morgan fingerprint density at radius 3 is 3.17 bits per heavy atom. The summed E-state index contributed by atoms with van der Waals surface area (Å²) >= 11 is 5.34. The van der Waals surface area contributed by atoms with Crippen LogP contribution in [-0.2, 0) is 6.54 Å². The highest BCUT2D eigenvalue weighted by molar-refractivity contribution is 6.25. The van der Waals surface area contributed by atoms with Gasteiger partial charge in [0.25, 0.3) is 0 Å². The van der Waals surface area contributed by atoms with Crippen molar-refractivity contribution >= 4 is 11.6 Å². The molecule has 0 saturated carbocycles. The molecule has 3 nitrogen and oxygen atoms in total. The second-order valence-corrected chi connectivity index (χ2v) is 2.45. The smallest absolute Gasteiger partial charge is 0.115 e. The fourth-order valence-corrected chi connectivity index (χ4v) is 0.840. The topological polar surface area (TPSA) is 37.8 Å². The Morgan fingerprint density at radius 1 is 1.58 bits per heavy atom. The zero-order chi connectivity index (χ0) is 8.65. The molecule has 0 aliphatic carbocycles. The van der Waals surface area contributed by atoms with Gasteiger partial charge in [-0.1, -0.05) is 17.7 Å². The van der Waals surface area contributed by atoms with E-state index in [0.29, 0.717) is 0 Å². The van der Waals surface area contributed by atoms with Gasteiger partial charge in [-0.25, -0.2) is 9.97 Å². The third kappa shape index (κ3) is 3.46. The molecule has 0 atom stereocenters. The van der Waals surface area contributed by atoms with Gasteiger partial charge in [0, 0.05) is 24.8 Å². The van der Waals surface area contributed by atoms with Gasteiger partial charge in [0.05, 0.1) is 5.69 Å². The van der Waals surface area contributed by atoms with Gasteiger partial charge in [0.2, 0.25) is 0 Å². The Morgan fingerprint density at radius 2 is 2.50 bits per heavy atom. The van der Waals surface area contributed by atoms with Crippen LogP contribution < -0.4 is 5.32 Å². The van der Waals surface area contributed by atoms with Gasteiger partial charge >= 0.3 is 0 Å². The molecular weight excluding hydrogens is 174 g/mol. The Kier molecular flexibility index (Phi) is 4.34. The number of halogens is 1. The number of nitrogens with one attached hydrogen (secondary N) is 1. The molecule has 0 aliphatic heterocycles. The highest BCUT2D eigenvalue weighted by Gasteiger charge is 1.89. The first-order chi connectivity index (χ1) is 5.93. The average Bonchev–Trinajstić information content (AvgIpc) is 2.14. The molecule has 1 aromatic heterocycles. The summed E-state index contributed by atoms with van der Waals surface area (Å²) in [5, 5.41) is 3.14. The highest BCUT2D eigenvalue weighted by atomic mass is 35.5. The van der Waals surface area contributed by atoms with E-state index in [1.807, 2.05) is 12.1 Å². The molecule has 1 N–H and O–H groups in total. The monoisotopic (exact) mass is 183 g/mol. The minimum Gasteiger partial charge on any atom is -0.308 e. The van der Waals surface area contributed by atoms with E-state index in [1.165, 1.54) is 11.9 Å². The molecule has 0 spiro atoms. The van der Waals surface area contributed by atoms with Crippen LogP contribution in [0.4, 0.5) is 0 Å². The standard InChI is InChI=1S/C8H10ClN3/c9-3-1-4-10-6-8-2-5-11-7-12-8/h1-3,5,7,10H,4,6H2/b3-1+. The summed E-state index contributed by atoms with van der Waals surface area (Å²) in [7, 11) is 0. The number of rotatable bonds is 4. The van der Waals surface area contributed by atoms with Crippen LogP contribution in [0.5, 0.6) is 0 Å². The molecule has 0 saturated heterocycles. The number of hydrogen-bond donors (Lipinski definition) is 1. The number of hydrogen-bond acceptors (Lipinski definition) is 3. The van der Waals surface area contributed by atoms with E-state index >= 15 is 0 Å². The van der Waals surface area contributed by atoms with Crippen LogP contribution in [-0.4, -0.2) is 16.5 Å². The van der Waals surface area contributed by atoms with Crippen LogP contribution in [0.25, 0.3) is 0 Å². The van der Waals surface area contributed by atoms with Crippen LogP contribution in [0.3, 0.4) is 0 Å². The molecule has 1 heterocycles. The molecule has 4 heteroatoms. The predicted octanol–water partition coefficient (Wildman–Crippen LogP) is 1.32. The zero-order valence-electron chi connectivity index (χ0n) is 6.57. The lowest BCUT2D eigenvalue weighted by atomic mass is 10.4. The average molecular weight is 184 g/mol. The van der Waals surface area contributed by atoms with Crippen LogP contribution in [0.1, 0.15) is 5.69 Å². The number of aromatic nitrogens is 2. The van der Waals surface area contributed by atoms with E-state index in [-0.39, 0.29) is 0 Å². The Labute approximate surface area is 76.5 Å².